The number of aliphatic hydroxyl groups is 1. The van der Waals surface area contributed by atoms with Crippen LogP contribution in [0.2, 0.25) is 0 Å². The zero-order valence-corrected chi connectivity index (χ0v) is 10.9. The van der Waals surface area contributed by atoms with Crippen molar-refractivity contribution in [2.45, 2.75) is 12.2 Å². The number of anilines is 2. The lowest BCUT2D eigenvalue weighted by atomic mass is 10.2. The molecule has 0 aliphatic carbocycles. The summed E-state index contributed by atoms with van der Waals surface area (Å²) in [6, 6.07) is 7.16. The average Bonchev–Trinajstić information content (AvgIpc) is 2.35. The van der Waals surface area contributed by atoms with Gasteiger partial charge < -0.3 is 15.7 Å². The van der Waals surface area contributed by atoms with Crippen LogP contribution in [-0.2, 0) is 4.79 Å². The molecule has 17 heavy (non-hydrogen) atoms. The zero-order chi connectivity index (χ0) is 12.8. The average molecular weight is 254 g/mol. The Morgan fingerprint density at radius 2 is 2.06 bits per heavy atom. The normalized spacial score (nSPS) is 12.2. The second kappa shape index (κ2) is 6.51. The molecule has 94 valence electrons. The van der Waals surface area contributed by atoms with Gasteiger partial charge in [-0.15, -0.1) is 11.8 Å². The minimum atomic E-state index is 0.0140. The lowest BCUT2D eigenvalue weighted by Crippen LogP contribution is -2.28. The summed E-state index contributed by atoms with van der Waals surface area (Å²) in [4.78, 5) is 13.4. The van der Waals surface area contributed by atoms with Gasteiger partial charge >= 0.3 is 0 Å². The number of aliphatic hydroxyl groups excluding tert-OH is 1. The number of nitrogens with zero attached hydrogens (tertiary/aromatic N) is 1. The number of carbonyl (C=O) groups is 1. The standard InChI is InChI=1S/C12H18N2O2S/c1-9(7-15)17-8-12(16)14(2)11-5-3-10(13)4-6-11/h3-6,9,15H,7-8,13H2,1-2H3. The summed E-state index contributed by atoms with van der Waals surface area (Å²) in [6.07, 6.45) is 0. The van der Waals surface area contributed by atoms with Gasteiger partial charge in [-0.25, -0.2) is 0 Å². The lowest BCUT2D eigenvalue weighted by Gasteiger charge is -2.18. The van der Waals surface area contributed by atoms with Gasteiger partial charge in [0.15, 0.2) is 0 Å². The molecule has 4 nitrogen and oxygen atoms in total. The van der Waals surface area contributed by atoms with Crippen LogP contribution in [0.3, 0.4) is 0 Å². The van der Waals surface area contributed by atoms with Gasteiger partial charge in [-0.3, -0.25) is 4.79 Å². The van der Waals surface area contributed by atoms with E-state index >= 15 is 0 Å². The van der Waals surface area contributed by atoms with Crippen LogP contribution in [0.25, 0.3) is 0 Å². The number of hydrogen-bond donors (Lipinski definition) is 2. The Labute approximate surface area is 106 Å². The predicted octanol–water partition coefficient (Wildman–Crippen LogP) is 1.35. The molecule has 1 aromatic rings. The van der Waals surface area contributed by atoms with Crippen molar-refractivity contribution in [1.82, 2.24) is 0 Å². The van der Waals surface area contributed by atoms with E-state index in [1.165, 1.54) is 11.8 Å². The van der Waals surface area contributed by atoms with E-state index in [-0.39, 0.29) is 17.8 Å². The lowest BCUT2D eigenvalue weighted by molar-refractivity contribution is -0.115. The van der Waals surface area contributed by atoms with Crippen LogP contribution in [0.15, 0.2) is 24.3 Å². The number of thioether (sulfide) groups is 1. The Bertz CT molecular complexity index is 367. The van der Waals surface area contributed by atoms with Gasteiger partial charge in [0, 0.05) is 23.7 Å². The molecule has 1 amide bonds. The largest absolute Gasteiger partial charge is 0.399 e. The van der Waals surface area contributed by atoms with Gasteiger partial charge in [-0.05, 0) is 24.3 Å². The molecular weight excluding hydrogens is 236 g/mol. The van der Waals surface area contributed by atoms with Crippen LogP contribution < -0.4 is 10.6 Å². The van der Waals surface area contributed by atoms with Crippen molar-refractivity contribution in [3.8, 4) is 0 Å². The van der Waals surface area contributed by atoms with E-state index in [0.29, 0.717) is 11.4 Å². The fraction of sp³-hybridized carbons (Fsp3) is 0.417. The molecule has 0 heterocycles. The highest BCUT2D eigenvalue weighted by atomic mass is 32.2. The predicted molar refractivity (Wildman–Crippen MR) is 73.3 cm³/mol. The van der Waals surface area contributed by atoms with Crippen LogP contribution in [0.4, 0.5) is 11.4 Å². The van der Waals surface area contributed by atoms with Gasteiger partial charge in [0.1, 0.15) is 0 Å². The molecule has 0 aliphatic rings. The molecule has 0 fully saturated rings. The van der Waals surface area contributed by atoms with E-state index in [1.807, 2.05) is 19.1 Å². The molecule has 1 aromatic carbocycles. The van der Waals surface area contributed by atoms with Crippen LogP contribution in [-0.4, -0.2) is 35.7 Å². The first-order chi connectivity index (χ1) is 8.04. The quantitative estimate of drug-likeness (QED) is 0.778. The number of rotatable bonds is 5. The molecule has 1 atom stereocenters. The van der Waals surface area contributed by atoms with E-state index in [9.17, 15) is 4.79 Å². The highest BCUT2D eigenvalue weighted by molar-refractivity contribution is 8.00. The summed E-state index contributed by atoms with van der Waals surface area (Å²) in [6.45, 7) is 1.98. The maximum Gasteiger partial charge on any atom is 0.236 e. The Hall–Kier alpha value is -1.20. The molecule has 0 radical (unpaired) electrons. The van der Waals surface area contributed by atoms with Crippen LogP contribution in [0.5, 0.6) is 0 Å². The molecule has 0 bridgehead atoms. The first-order valence-corrected chi connectivity index (χ1v) is 6.44. The SMILES string of the molecule is CC(CO)SCC(=O)N(C)c1ccc(N)cc1. The number of nitrogen functional groups attached to an aromatic ring is 1. The summed E-state index contributed by atoms with van der Waals surface area (Å²) < 4.78 is 0. The van der Waals surface area contributed by atoms with Gasteiger partial charge in [0.25, 0.3) is 0 Å². The number of hydrogen-bond acceptors (Lipinski definition) is 4. The van der Waals surface area contributed by atoms with E-state index in [2.05, 4.69) is 0 Å². The summed E-state index contributed by atoms with van der Waals surface area (Å²) in [7, 11) is 1.73. The third-order valence-electron chi connectivity index (χ3n) is 2.40. The van der Waals surface area contributed by atoms with Crippen LogP contribution in [0, 0.1) is 0 Å². The van der Waals surface area contributed by atoms with Crippen molar-refractivity contribution >= 4 is 29.0 Å². The third kappa shape index (κ3) is 4.28. The van der Waals surface area contributed by atoms with Gasteiger partial charge in [-0.2, -0.15) is 0 Å². The van der Waals surface area contributed by atoms with E-state index in [4.69, 9.17) is 10.8 Å². The van der Waals surface area contributed by atoms with Gasteiger partial charge in [0.2, 0.25) is 5.91 Å². The summed E-state index contributed by atoms with van der Waals surface area (Å²) in [5, 5.41) is 8.96. The maximum atomic E-state index is 11.8. The third-order valence-corrected chi connectivity index (χ3v) is 3.53. The molecule has 0 saturated carbocycles. The Balaban J connectivity index is 2.54. The van der Waals surface area contributed by atoms with Crippen LogP contribution in [0.1, 0.15) is 6.92 Å². The first kappa shape index (κ1) is 13.9. The van der Waals surface area contributed by atoms with Crippen molar-refractivity contribution in [3.05, 3.63) is 24.3 Å². The second-order valence-electron chi connectivity index (χ2n) is 3.85. The van der Waals surface area contributed by atoms with Gasteiger partial charge in [-0.1, -0.05) is 6.92 Å². The molecule has 5 heteroatoms. The molecule has 1 unspecified atom stereocenters. The Morgan fingerprint density at radius 3 is 2.59 bits per heavy atom. The molecule has 3 N–H and O–H groups in total. The van der Waals surface area contributed by atoms with E-state index in [0.717, 1.165) is 5.69 Å². The van der Waals surface area contributed by atoms with Crippen molar-refractivity contribution in [2.75, 3.05) is 30.0 Å². The number of nitrogens with two attached hydrogens (primary N) is 1. The Morgan fingerprint density at radius 1 is 1.47 bits per heavy atom. The zero-order valence-electron chi connectivity index (χ0n) is 10.1. The van der Waals surface area contributed by atoms with Gasteiger partial charge in [0.05, 0.1) is 12.4 Å². The number of carbonyl (C=O) groups excluding carboxylic acids is 1. The summed E-state index contributed by atoms with van der Waals surface area (Å²) >= 11 is 1.44. The highest BCUT2D eigenvalue weighted by Crippen LogP contribution is 2.17. The summed E-state index contributed by atoms with van der Waals surface area (Å²) in [5.74, 6) is 0.378. The highest BCUT2D eigenvalue weighted by Gasteiger charge is 2.12. The maximum absolute atomic E-state index is 11.8. The molecule has 0 aliphatic heterocycles. The number of benzene rings is 1. The monoisotopic (exact) mass is 254 g/mol. The summed E-state index contributed by atoms with van der Waals surface area (Å²) in [5.41, 5.74) is 7.08. The van der Waals surface area contributed by atoms with E-state index < -0.39 is 0 Å². The Kier molecular flexibility index (Phi) is 5.31. The molecule has 1 rings (SSSR count). The minimum absolute atomic E-state index is 0.0140. The smallest absolute Gasteiger partial charge is 0.236 e. The fourth-order valence-corrected chi connectivity index (χ4v) is 1.93. The van der Waals surface area contributed by atoms with Crippen LogP contribution >= 0.6 is 11.8 Å². The minimum Gasteiger partial charge on any atom is -0.399 e. The second-order valence-corrected chi connectivity index (χ2v) is 5.28. The molecule has 0 saturated heterocycles. The molecular formula is C12H18N2O2S. The van der Waals surface area contributed by atoms with E-state index in [1.54, 1.807) is 24.1 Å². The number of amides is 1. The van der Waals surface area contributed by atoms with Crippen molar-refractivity contribution in [2.24, 2.45) is 0 Å². The molecule has 0 spiro atoms. The molecule has 0 aromatic heterocycles. The fourth-order valence-electron chi connectivity index (χ4n) is 1.20. The van der Waals surface area contributed by atoms with Crippen molar-refractivity contribution in [3.63, 3.8) is 0 Å². The first-order valence-electron chi connectivity index (χ1n) is 5.39. The topological polar surface area (TPSA) is 66.6 Å². The van der Waals surface area contributed by atoms with Crippen molar-refractivity contribution in [1.29, 1.82) is 0 Å². The van der Waals surface area contributed by atoms with Crippen molar-refractivity contribution < 1.29 is 9.90 Å².